The molecule has 0 radical (unpaired) electrons. The zero-order valence-corrected chi connectivity index (χ0v) is 15.8. The van der Waals surface area contributed by atoms with E-state index in [0.29, 0.717) is 43.4 Å². The van der Waals surface area contributed by atoms with Gasteiger partial charge in [0.1, 0.15) is 17.7 Å². The van der Waals surface area contributed by atoms with Gasteiger partial charge < -0.3 is 10.1 Å². The second-order valence-corrected chi connectivity index (χ2v) is 6.94. The molecular weight excluding hydrogens is 354 g/mol. The smallest absolute Gasteiger partial charge is 0.234 e. The summed E-state index contributed by atoms with van der Waals surface area (Å²) in [4.78, 5) is 18.7. The Morgan fingerprint density at radius 2 is 2.35 bits per heavy atom. The van der Waals surface area contributed by atoms with E-state index in [1.807, 2.05) is 25.1 Å². The fourth-order valence-electron chi connectivity index (χ4n) is 2.99. The van der Waals surface area contributed by atoms with Crippen molar-refractivity contribution < 1.29 is 9.53 Å². The Bertz CT molecular complexity index is 764. The summed E-state index contributed by atoms with van der Waals surface area (Å²) in [5.74, 6) is 2.29. The number of aromatic nitrogens is 3. The number of ether oxygens (including phenoxy) is 1. The molecule has 1 aromatic heterocycles. The Morgan fingerprint density at radius 1 is 1.50 bits per heavy atom. The molecule has 0 saturated carbocycles. The van der Waals surface area contributed by atoms with Crippen LogP contribution in [0.3, 0.4) is 0 Å². The number of aryl methyl sites for hydroxylation is 1. The van der Waals surface area contributed by atoms with E-state index in [2.05, 4.69) is 32.3 Å². The minimum Gasteiger partial charge on any atom is -0.489 e. The van der Waals surface area contributed by atoms with E-state index in [1.165, 1.54) is 0 Å². The summed E-state index contributed by atoms with van der Waals surface area (Å²) in [6.45, 7) is 6.15. The van der Waals surface area contributed by atoms with Gasteiger partial charge in [-0.05, 0) is 25.5 Å². The predicted molar refractivity (Wildman–Crippen MR) is 99.3 cm³/mol. The van der Waals surface area contributed by atoms with Crippen LogP contribution in [0.25, 0.3) is 0 Å². The van der Waals surface area contributed by atoms with Crippen molar-refractivity contribution in [3.05, 3.63) is 40.4 Å². The minimum absolute atomic E-state index is 0.00970. The number of carbonyl (C=O) groups is 1. The van der Waals surface area contributed by atoms with E-state index in [9.17, 15) is 4.79 Å². The number of aromatic amines is 1. The Hall–Kier alpha value is -2.12. The molecule has 2 aromatic rings. The summed E-state index contributed by atoms with van der Waals surface area (Å²) in [5.41, 5.74) is 1.05. The second kappa shape index (κ2) is 8.51. The summed E-state index contributed by atoms with van der Waals surface area (Å²) in [5, 5.41) is 10.5. The molecule has 1 aliphatic heterocycles. The monoisotopic (exact) mass is 377 g/mol. The van der Waals surface area contributed by atoms with Gasteiger partial charge in [0.15, 0.2) is 5.82 Å². The van der Waals surface area contributed by atoms with Gasteiger partial charge >= 0.3 is 0 Å². The van der Waals surface area contributed by atoms with Crippen molar-refractivity contribution in [1.29, 1.82) is 0 Å². The highest BCUT2D eigenvalue weighted by Crippen LogP contribution is 2.28. The molecule has 140 valence electrons. The Labute approximate surface area is 158 Å². The van der Waals surface area contributed by atoms with Gasteiger partial charge in [0.25, 0.3) is 0 Å². The van der Waals surface area contributed by atoms with Gasteiger partial charge in [-0.15, -0.1) is 0 Å². The van der Waals surface area contributed by atoms with Gasteiger partial charge in [-0.1, -0.05) is 24.6 Å². The van der Waals surface area contributed by atoms with E-state index in [1.54, 1.807) is 0 Å². The molecule has 0 unspecified atom stereocenters. The van der Waals surface area contributed by atoms with Gasteiger partial charge in [0.05, 0.1) is 6.54 Å². The number of nitrogens with one attached hydrogen (secondary N) is 2. The van der Waals surface area contributed by atoms with Crippen LogP contribution in [-0.2, 0) is 17.8 Å². The SMILES string of the molecule is CC[C@H]1CN(CC(=O)NCCc2n[nH]c(C)n2)Cc2ccc(Cl)cc2O1. The number of hydrogen-bond donors (Lipinski definition) is 2. The largest absolute Gasteiger partial charge is 0.489 e. The summed E-state index contributed by atoms with van der Waals surface area (Å²) >= 11 is 6.08. The van der Waals surface area contributed by atoms with Gasteiger partial charge in [-0.2, -0.15) is 5.10 Å². The Kier molecular flexibility index (Phi) is 6.11. The molecule has 0 saturated heterocycles. The van der Waals surface area contributed by atoms with Gasteiger partial charge in [-0.3, -0.25) is 14.8 Å². The third kappa shape index (κ3) is 4.95. The Morgan fingerprint density at radius 3 is 3.08 bits per heavy atom. The van der Waals surface area contributed by atoms with E-state index in [4.69, 9.17) is 16.3 Å². The van der Waals surface area contributed by atoms with E-state index >= 15 is 0 Å². The van der Waals surface area contributed by atoms with Crippen LogP contribution >= 0.6 is 11.6 Å². The first-order valence-electron chi connectivity index (χ1n) is 8.85. The lowest BCUT2D eigenvalue weighted by Gasteiger charge is -2.22. The molecule has 7 nitrogen and oxygen atoms in total. The summed E-state index contributed by atoms with van der Waals surface area (Å²) in [7, 11) is 0. The maximum atomic E-state index is 12.3. The molecule has 1 atom stereocenters. The molecule has 1 aliphatic rings. The number of amides is 1. The van der Waals surface area contributed by atoms with Gasteiger partial charge in [0, 0.05) is 36.6 Å². The highest BCUT2D eigenvalue weighted by Gasteiger charge is 2.23. The molecule has 1 amide bonds. The number of rotatable bonds is 6. The first kappa shape index (κ1) is 18.7. The number of hydrogen-bond acceptors (Lipinski definition) is 5. The van der Waals surface area contributed by atoms with Crippen LogP contribution in [0.2, 0.25) is 5.02 Å². The number of carbonyl (C=O) groups excluding carboxylic acids is 1. The number of fused-ring (bicyclic) bond motifs is 1. The lowest BCUT2D eigenvalue weighted by Crippen LogP contribution is -2.41. The van der Waals surface area contributed by atoms with Gasteiger partial charge in [0.2, 0.25) is 5.91 Å². The fraction of sp³-hybridized carbons (Fsp3) is 0.500. The quantitative estimate of drug-likeness (QED) is 0.805. The van der Waals surface area contributed by atoms with E-state index in [0.717, 1.165) is 23.6 Å². The molecule has 3 rings (SSSR count). The number of H-pyrrole nitrogens is 1. The molecular formula is C18H24ClN5O2. The lowest BCUT2D eigenvalue weighted by atomic mass is 10.2. The van der Waals surface area contributed by atoms with E-state index in [-0.39, 0.29) is 12.0 Å². The molecule has 26 heavy (non-hydrogen) atoms. The molecule has 0 bridgehead atoms. The maximum absolute atomic E-state index is 12.3. The van der Waals surface area contributed by atoms with Crippen molar-refractivity contribution >= 4 is 17.5 Å². The van der Waals surface area contributed by atoms with Crippen molar-refractivity contribution in [1.82, 2.24) is 25.4 Å². The third-order valence-corrected chi connectivity index (χ3v) is 4.55. The maximum Gasteiger partial charge on any atom is 0.234 e. The van der Waals surface area contributed by atoms with E-state index < -0.39 is 0 Å². The lowest BCUT2D eigenvalue weighted by molar-refractivity contribution is -0.122. The van der Waals surface area contributed by atoms with Crippen molar-refractivity contribution in [2.24, 2.45) is 0 Å². The average Bonchev–Trinajstić information content (AvgIpc) is 2.93. The Balaban J connectivity index is 1.55. The number of halogens is 1. The minimum atomic E-state index is -0.00970. The summed E-state index contributed by atoms with van der Waals surface area (Å²) < 4.78 is 6.06. The first-order valence-corrected chi connectivity index (χ1v) is 9.23. The van der Waals surface area contributed by atoms with Crippen LogP contribution in [0.15, 0.2) is 18.2 Å². The van der Waals surface area contributed by atoms with Crippen LogP contribution in [0.1, 0.15) is 30.6 Å². The molecule has 1 aromatic carbocycles. The van der Waals surface area contributed by atoms with Crippen molar-refractivity contribution in [2.45, 2.75) is 39.3 Å². The molecule has 0 spiro atoms. The zero-order chi connectivity index (χ0) is 18.5. The molecule has 2 heterocycles. The van der Waals surface area contributed by atoms with Gasteiger partial charge in [-0.25, -0.2) is 4.98 Å². The van der Waals surface area contributed by atoms with Crippen LogP contribution < -0.4 is 10.1 Å². The van der Waals surface area contributed by atoms with Crippen LogP contribution in [0.5, 0.6) is 5.75 Å². The van der Waals surface area contributed by atoms with Crippen molar-refractivity contribution in [3.8, 4) is 5.75 Å². The zero-order valence-electron chi connectivity index (χ0n) is 15.1. The molecule has 8 heteroatoms. The topological polar surface area (TPSA) is 83.1 Å². The fourth-order valence-corrected chi connectivity index (χ4v) is 3.15. The third-order valence-electron chi connectivity index (χ3n) is 4.32. The second-order valence-electron chi connectivity index (χ2n) is 6.51. The van der Waals surface area contributed by atoms with Crippen LogP contribution in [0, 0.1) is 6.92 Å². The average molecular weight is 378 g/mol. The molecule has 0 fully saturated rings. The van der Waals surface area contributed by atoms with Crippen LogP contribution in [-0.4, -0.2) is 51.7 Å². The van der Waals surface area contributed by atoms with Crippen molar-refractivity contribution in [3.63, 3.8) is 0 Å². The molecule has 2 N–H and O–H groups in total. The number of benzene rings is 1. The number of nitrogens with zero attached hydrogens (tertiary/aromatic N) is 3. The van der Waals surface area contributed by atoms with Crippen molar-refractivity contribution in [2.75, 3.05) is 19.6 Å². The normalized spacial score (nSPS) is 17.3. The van der Waals surface area contributed by atoms with Crippen LogP contribution in [0.4, 0.5) is 0 Å². The summed E-state index contributed by atoms with van der Waals surface area (Å²) in [6.07, 6.45) is 1.52. The highest BCUT2D eigenvalue weighted by molar-refractivity contribution is 6.30. The standard InChI is InChI=1S/C18H24ClN5O2/c1-3-15-10-24(9-13-4-5-14(19)8-16(13)26-15)11-18(25)20-7-6-17-21-12(2)22-23-17/h4-5,8,15H,3,6-7,9-11H2,1-2H3,(H,20,25)(H,21,22,23)/t15-/m0/s1. The molecule has 0 aliphatic carbocycles. The first-order chi connectivity index (χ1) is 12.5. The highest BCUT2D eigenvalue weighted by atomic mass is 35.5. The predicted octanol–water partition coefficient (Wildman–Crippen LogP) is 2.10. The summed E-state index contributed by atoms with van der Waals surface area (Å²) in [6, 6.07) is 5.67.